The highest BCUT2D eigenvalue weighted by Gasteiger charge is 2.39. The van der Waals surface area contributed by atoms with Crippen LogP contribution in [-0.2, 0) is 0 Å². The highest BCUT2D eigenvalue weighted by molar-refractivity contribution is 5.47. The normalized spacial score (nSPS) is 35.2. The summed E-state index contributed by atoms with van der Waals surface area (Å²) < 4.78 is 14.0. The molecule has 3 N–H and O–H groups in total. The summed E-state index contributed by atoms with van der Waals surface area (Å²) in [5, 5.41) is 29.8. The second kappa shape index (κ2) is 7.35. The molecule has 134 valence electrons. The van der Waals surface area contributed by atoms with Crippen LogP contribution in [0.3, 0.4) is 0 Å². The molecule has 2 aliphatic heterocycles. The van der Waals surface area contributed by atoms with Gasteiger partial charge in [0.2, 0.25) is 0 Å². The number of rotatable bonds is 3. The molecular weight excluding hydrogens is 311 g/mol. The molecule has 24 heavy (non-hydrogen) atoms. The molecule has 1 aromatic carbocycles. The summed E-state index contributed by atoms with van der Waals surface area (Å²) in [6, 6.07) is 6.64. The fourth-order valence-electron chi connectivity index (χ4n) is 3.96. The van der Waals surface area contributed by atoms with E-state index in [1.165, 1.54) is 6.07 Å². The maximum atomic E-state index is 14.0. The van der Waals surface area contributed by atoms with Gasteiger partial charge in [0.1, 0.15) is 11.9 Å². The average molecular weight is 338 g/mol. The summed E-state index contributed by atoms with van der Waals surface area (Å²) in [7, 11) is 0. The maximum Gasteiger partial charge on any atom is 0.146 e. The van der Waals surface area contributed by atoms with Crippen molar-refractivity contribution in [3.8, 4) is 0 Å². The lowest BCUT2D eigenvalue weighted by molar-refractivity contribution is -0.135. The standard InChI is InChI=1S/C18H27FN2O3/c1-12-17(23)18(24)16(22)11-21(12)10-13-5-4-8-20(9-13)15-7-3-2-6-14(15)19/h2-3,6-7,12-13,16-18,22-24H,4-5,8-11H2,1H3/t12-,13+,16+,17-,18-/m1/s1. The summed E-state index contributed by atoms with van der Waals surface area (Å²) in [5.41, 5.74) is 0.643. The third kappa shape index (κ3) is 3.57. The van der Waals surface area contributed by atoms with Crippen LogP contribution >= 0.6 is 0 Å². The van der Waals surface area contributed by atoms with Crippen molar-refractivity contribution in [2.45, 2.75) is 44.1 Å². The Labute approximate surface area is 142 Å². The highest BCUT2D eigenvalue weighted by atomic mass is 19.1. The molecule has 0 bridgehead atoms. The van der Waals surface area contributed by atoms with Crippen LogP contribution in [0.2, 0.25) is 0 Å². The van der Waals surface area contributed by atoms with E-state index in [9.17, 15) is 19.7 Å². The Morgan fingerprint density at radius 3 is 2.62 bits per heavy atom. The minimum atomic E-state index is -1.09. The van der Waals surface area contributed by atoms with Crippen LogP contribution in [0.5, 0.6) is 0 Å². The molecule has 0 radical (unpaired) electrons. The third-order valence-corrected chi connectivity index (χ3v) is 5.44. The lowest BCUT2D eigenvalue weighted by atomic mass is 9.91. The maximum absolute atomic E-state index is 14.0. The first-order chi connectivity index (χ1) is 11.5. The SMILES string of the molecule is C[C@@H]1[C@@H](O)[C@H](O)[C@@H](O)CN1C[C@H]1CCCN(c2ccccc2F)C1. The molecule has 0 aliphatic carbocycles. The van der Waals surface area contributed by atoms with Crippen molar-refractivity contribution in [1.82, 2.24) is 4.90 Å². The van der Waals surface area contributed by atoms with Gasteiger partial charge in [0.05, 0.1) is 17.9 Å². The van der Waals surface area contributed by atoms with Crippen molar-refractivity contribution < 1.29 is 19.7 Å². The lowest BCUT2D eigenvalue weighted by Crippen LogP contribution is -2.61. The Morgan fingerprint density at radius 2 is 1.88 bits per heavy atom. The summed E-state index contributed by atoms with van der Waals surface area (Å²) in [4.78, 5) is 4.12. The first-order valence-electron chi connectivity index (χ1n) is 8.75. The van der Waals surface area contributed by atoms with Crippen molar-refractivity contribution in [1.29, 1.82) is 0 Å². The van der Waals surface area contributed by atoms with Gasteiger partial charge < -0.3 is 20.2 Å². The van der Waals surface area contributed by atoms with Gasteiger partial charge >= 0.3 is 0 Å². The number of piperidine rings is 2. The number of nitrogens with zero attached hydrogens (tertiary/aromatic N) is 2. The molecule has 2 saturated heterocycles. The van der Waals surface area contributed by atoms with Gasteiger partial charge in [-0.3, -0.25) is 4.90 Å². The van der Waals surface area contributed by atoms with E-state index in [4.69, 9.17) is 0 Å². The average Bonchev–Trinajstić information content (AvgIpc) is 2.58. The third-order valence-electron chi connectivity index (χ3n) is 5.44. The van der Waals surface area contributed by atoms with E-state index < -0.39 is 18.3 Å². The van der Waals surface area contributed by atoms with Crippen LogP contribution in [0.15, 0.2) is 24.3 Å². The largest absolute Gasteiger partial charge is 0.389 e. The van der Waals surface area contributed by atoms with Crippen LogP contribution in [0.1, 0.15) is 19.8 Å². The predicted octanol–water partition coefficient (Wildman–Crippen LogP) is 0.829. The minimum Gasteiger partial charge on any atom is -0.389 e. The van der Waals surface area contributed by atoms with Gasteiger partial charge in [0, 0.05) is 32.2 Å². The van der Waals surface area contributed by atoms with Gasteiger partial charge in [-0.05, 0) is 37.8 Å². The number of hydrogen-bond acceptors (Lipinski definition) is 5. The van der Waals surface area contributed by atoms with Gasteiger partial charge in [-0.25, -0.2) is 4.39 Å². The van der Waals surface area contributed by atoms with E-state index in [0.29, 0.717) is 18.2 Å². The van der Waals surface area contributed by atoms with Crippen molar-refractivity contribution >= 4 is 5.69 Å². The number of likely N-dealkylation sites (tertiary alicyclic amines) is 1. The van der Waals surface area contributed by atoms with Gasteiger partial charge in [0.15, 0.2) is 0 Å². The van der Waals surface area contributed by atoms with Gasteiger partial charge in [-0.2, -0.15) is 0 Å². The molecule has 2 heterocycles. The Morgan fingerprint density at radius 1 is 1.12 bits per heavy atom. The number of hydrogen-bond donors (Lipinski definition) is 3. The number of aliphatic hydroxyl groups is 3. The van der Waals surface area contributed by atoms with Crippen LogP contribution in [0, 0.1) is 11.7 Å². The van der Waals surface area contributed by atoms with Crippen molar-refractivity contribution in [2.75, 3.05) is 31.1 Å². The predicted molar refractivity (Wildman–Crippen MR) is 90.4 cm³/mol. The summed E-state index contributed by atoms with van der Waals surface area (Å²) >= 11 is 0. The number of β-amino-alcohol motifs (C(OH)–C–C–N with tert-alkyl or cyclic N) is 1. The fourth-order valence-corrected chi connectivity index (χ4v) is 3.96. The Balaban J connectivity index is 1.64. The monoisotopic (exact) mass is 338 g/mol. The number of aliphatic hydroxyl groups excluding tert-OH is 3. The van der Waals surface area contributed by atoms with Crippen LogP contribution < -0.4 is 4.90 Å². The fraction of sp³-hybridized carbons (Fsp3) is 0.667. The minimum absolute atomic E-state index is 0.196. The molecule has 2 fully saturated rings. The molecule has 1 aromatic rings. The van der Waals surface area contributed by atoms with Gasteiger partial charge in [0.25, 0.3) is 0 Å². The second-order valence-corrected chi connectivity index (χ2v) is 7.15. The first-order valence-corrected chi connectivity index (χ1v) is 8.75. The van der Waals surface area contributed by atoms with Crippen molar-refractivity contribution in [2.24, 2.45) is 5.92 Å². The van der Waals surface area contributed by atoms with E-state index >= 15 is 0 Å². The smallest absolute Gasteiger partial charge is 0.146 e. The molecule has 0 unspecified atom stereocenters. The summed E-state index contributed by atoms with van der Waals surface area (Å²) in [6.45, 7) is 4.57. The number of halogens is 1. The first kappa shape index (κ1) is 17.6. The van der Waals surface area contributed by atoms with Gasteiger partial charge in [-0.15, -0.1) is 0 Å². The molecule has 0 amide bonds. The molecular formula is C18H27FN2O3. The zero-order valence-electron chi connectivity index (χ0n) is 14.1. The lowest BCUT2D eigenvalue weighted by Gasteiger charge is -2.45. The molecule has 0 aromatic heterocycles. The van der Waals surface area contributed by atoms with E-state index in [1.807, 2.05) is 24.0 Å². The Hall–Kier alpha value is -1.21. The number of para-hydroxylation sites is 1. The molecule has 2 aliphatic rings. The Bertz CT molecular complexity index is 559. The molecule has 0 saturated carbocycles. The van der Waals surface area contributed by atoms with Crippen molar-refractivity contribution in [3.05, 3.63) is 30.1 Å². The van der Waals surface area contributed by atoms with Crippen molar-refractivity contribution in [3.63, 3.8) is 0 Å². The zero-order chi connectivity index (χ0) is 17.3. The van der Waals surface area contributed by atoms with E-state index in [-0.39, 0.29) is 11.9 Å². The summed E-state index contributed by atoms with van der Waals surface area (Å²) in [6.07, 6.45) is -0.919. The van der Waals surface area contributed by atoms with Crippen LogP contribution in [-0.4, -0.2) is 70.8 Å². The second-order valence-electron chi connectivity index (χ2n) is 7.15. The van der Waals surface area contributed by atoms with Crippen LogP contribution in [0.4, 0.5) is 10.1 Å². The van der Waals surface area contributed by atoms with Crippen LogP contribution in [0.25, 0.3) is 0 Å². The van der Waals surface area contributed by atoms with E-state index in [1.54, 1.807) is 6.07 Å². The van der Waals surface area contributed by atoms with E-state index in [2.05, 4.69) is 4.90 Å². The molecule has 5 atom stereocenters. The molecule has 0 spiro atoms. The Kier molecular flexibility index (Phi) is 5.39. The van der Waals surface area contributed by atoms with E-state index in [0.717, 1.165) is 32.5 Å². The quantitative estimate of drug-likeness (QED) is 0.762. The zero-order valence-corrected chi connectivity index (χ0v) is 14.1. The number of anilines is 1. The summed E-state index contributed by atoms with van der Waals surface area (Å²) in [5.74, 6) is 0.147. The molecule has 6 heteroatoms. The molecule has 5 nitrogen and oxygen atoms in total. The topological polar surface area (TPSA) is 67.2 Å². The van der Waals surface area contributed by atoms with Gasteiger partial charge in [-0.1, -0.05) is 12.1 Å². The number of benzene rings is 1. The molecule has 3 rings (SSSR count). The highest BCUT2D eigenvalue weighted by Crippen LogP contribution is 2.27.